The largest absolute Gasteiger partial charge is 0.416 e. The Balaban J connectivity index is 1.58. The summed E-state index contributed by atoms with van der Waals surface area (Å²) in [4.78, 5) is 14.0. The third-order valence-electron chi connectivity index (χ3n) is 6.26. The SMILES string of the molecule is C[C@H]1[C@H](N(C2CC2)S(=O)(=O)c2cccc(C(F)(F)F)c2)CN1C(=O)c1ccc(S(C)(=O)=O)cc1Cl. The second-order valence-electron chi connectivity index (χ2n) is 8.77. The minimum absolute atomic E-state index is 0.0266. The summed E-state index contributed by atoms with van der Waals surface area (Å²) in [5.74, 6) is -0.494. The van der Waals surface area contributed by atoms with Crippen LogP contribution in [-0.4, -0.2) is 62.9 Å². The molecule has 0 spiro atoms. The maximum absolute atomic E-state index is 13.4. The van der Waals surface area contributed by atoms with Crippen LogP contribution in [0.3, 0.4) is 0 Å². The van der Waals surface area contributed by atoms with Gasteiger partial charge in [0.2, 0.25) is 10.0 Å². The van der Waals surface area contributed by atoms with Crippen LogP contribution in [-0.2, 0) is 26.0 Å². The Hall–Kier alpha value is -2.15. The predicted octanol–water partition coefficient (Wildman–Crippen LogP) is 3.83. The molecule has 1 saturated heterocycles. The molecule has 0 radical (unpaired) electrons. The molecule has 0 bridgehead atoms. The van der Waals surface area contributed by atoms with Crippen molar-refractivity contribution in [2.75, 3.05) is 12.8 Å². The molecular weight excluding hydrogens is 529 g/mol. The fourth-order valence-electron chi connectivity index (χ4n) is 4.13. The van der Waals surface area contributed by atoms with Gasteiger partial charge in [0.1, 0.15) is 0 Å². The molecule has 7 nitrogen and oxygen atoms in total. The van der Waals surface area contributed by atoms with E-state index >= 15 is 0 Å². The summed E-state index contributed by atoms with van der Waals surface area (Å²) in [6, 6.07) is 5.83. The number of sulfonamides is 1. The standard InChI is InChI=1S/C22H22ClF3N2O5S2/c1-13-20(12-27(13)21(29)18-9-8-16(11-19(18)23)34(2,30)31)28(15-6-7-15)35(32,33)17-5-3-4-14(10-17)22(24,25)26/h3-5,8-11,13,15,20H,6-7,12H2,1-2H3/t13-,20+/m0/s1. The molecular formula is C22H22ClF3N2O5S2. The van der Waals surface area contributed by atoms with E-state index in [1.54, 1.807) is 6.92 Å². The molecule has 1 aliphatic heterocycles. The second-order valence-corrected chi connectivity index (χ2v) is 13.0. The highest BCUT2D eigenvalue weighted by Crippen LogP contribution is 2.40. The lowest BCUT2D eigenvalue weighted by molar-refractivity contribution is -0.137. The van der Waals surface area contributed by atoms with Crippen LogP contribution in [0.2, 0.25) is 5.02 Å². The Morgan fingerprint density at radius 1 is 1.06 bits per heavy atom. The van der Waals surface area contributed by atoms with Gasteiger partial charge in [-0.25, -0.2) is 16.8 Å². The first kappa shape index (κ1) is 25.9. The van der Waals surface area contributed by atoms with Crippen LogP contribution in [0.4, 0.5) is 13.2 Å². The van der Waals surface area contributed by atoms with E-state index in [9.17, 15) is 34.8 Å². The third-order valence-corrected chi connectivity index (χ3v) is 9.66. The number of carbonyl (C=O) groups excluding carboxylic acids is 1. The maximum Gasteiger partial charge on any atom is 0.416 e. The van der Waals surface area contributed by atoms with Gasteiger partial charge < -0.3 is 4.90 Å². The lowest BCUT2D eigenvalue weighted by Gasteiger charge is -2.50. The van der Waals surface area contributed by atoms with E-state index in [1.165, 1.54) is 27.4 Å². The summed E-state index contributed by atoms with van der Waals surface area (Å²) >= 11 is 6.16. The minimum atomic E-state index is -4.69. The number of likely N-dealkylation sites (tertiary alicyclic amines) is 1. The smallest absolute Gasteiger partial charge is 0.333 e. The number of halogens is 4. The maximum atomic E-state index is 13.4. The van der Waals surface area contributed by atoms with E-state index in [4.69, 9.17) is 11.6 Å². The molecule has 1 saturated carbocycles. The number of carbonyl (C=O) groups is 1. The third kappa shape index (κ3) is 4.93. The first-order chi connectivity index (χ1) is 16.1. The molecule has 1 amide bonds. The zero-order valence-electron chi connectivity index (χ0n) is 18.7. The number of hydrogen-bond donors (Lipinski definition) is 0. The second kappa shape index (κ2) is 8.75. The van der Waals surface area contributed by atoms with Crippen molar-refractivity contribution in [2.24, 2.45) is 0 Å². The molecule has 2 fully saturated rings. The highest BCUT2D eigenvalue weighted by atomic mass is 35.5. The molecule has 2 aliphatic rings. The van der Waals surface area contributed by atoms with Gasteiger partial charge in [-0.15, -0.1) is 0 Å². The summed E-state index contributed by atoms with van der Waals surface area (Å²) < 4.78 is 90.9. The van der Waals surface area contributed by atoms with Crippen molar-refractivity contribution in [1.82, 2.24) is 9.21 Å². The number of hydrogen-bond acceptors (Lipinski definition) is 5. The van der Waals surface area contributed by atoms with Gasteiger partial charge in [-0.3, -0.25) is 4.79 Å². The highest BCUT2D eigenvalue weighted by molar-refractivity contribution is 7.90. The Kier molecular flexibility index (Phi) is 6.48. The van der Waals surface area contributed by atoms with Crippen molar-refractivity contribution in [3.8, 4) is 0 Å². The molecule has 2 aromatic carbocycles. The summed E-state index contributed by atoms with van der Waals surface area (Å²) in [7, 11) is -7.78. The van der Waals surface area contributed by atoms with Crippen molar-refractivity contribution in [3.63, 3.8) is 0 Å². The van der Waals surface area contributed by atoms with Gasteiger partial charge in [-0.1, -0.05) is 17.7 Å². The van der Waals surface area contributed by atoms with Crippen LogP contribution in [0, 0.1) is 0 Å². The van der Waals surface area contributed by atoms with E-state index in [2.05, 4.69) is 0 Å². The molecule has 0 aromatic heterocycles. The number of nitrogens with zero attached hydrogens (tertiary/aromatic N) is 2. The Morgan fingerprint density at radius 3 is 2.23 bits per heavy atom. The zero-order valence-corrected chi connectivity index (χ0v) is 21.0. The van der Waals surface area contributed by atoms with Crippen LogP contribution in [0.15, 0.2) is 52.3 Å². The molecule has 2 aromatic rings. The Labute approximate surface area is 206 Å². The normalized spacial score (nSPS) is 21.2. The first-order valence-corrected chi connectivity index (χ1v) is 14.3. The number of benzene rings is 2. The fraction of sp³-hybridized carbons (Fsp3) is 0.409. The molecule has 2 atom stereocenters. The van der Waals surface area contributed by atoms with Crippen molar-refractivity contribution < 1.29 is 34.8 Å². The van der Waals surface area contributed by atoms with Gasteiger partial charge in [0.05, 0.1) is 32.0 Å². The predicted molar refractivity (Wildman–Crippen MR) is 122 cm³/mol. The summed E-state index contributed by atoms with van der Waals surface area (Å²) in [5.41, 5.74) is -0.983. The van der Waals surface area contributed by atoms with Crippen molar-refractivity contribution in [2.45, 2.75) is 53.9 Å². The average Bonchev–Trinajstić information content (AvgIpc) is 3.59. The van der Waals surface area contributed by atoms with E-state index in [0.717, 1.165) is 24.5 Å². The summed E-state index contributed by atoms with van der Waals surface area (Å²) in [6.45, 7) is 1.68. The molecule has 4 rings (SSSR count). The number of sulfone groups is 1. The number of alkyl halides is 3. The Bertz CT molecular complexity index is 1390. The Morgan fingerprint density at radius 2 is 1.71 bits per heavy atom. The monoisotopic (exact) mass is 550 g/mol. The number of amides is 1. The van der Waals surface area contributed by atoms with Gasteiger partial charge in [0.15, 0.2) is 9.84 Å². The number of rotatable bonds is 6. The van der Waals surface area contributed by atoms with Crippen LogP contribution >= 0.6 is 11.6 Å². The molecule has 0 N–H and O–H groups in total. The molecule has 190 valence electrons. The fourth-order valence-corrected chi connectivity index (χ4v) is 7.08. The van der Waals surface area contributed by atoms with Gasteiger partial charge >= 0.3 is 6.18 Å². The zero-order chi connectivity index (χ0) is 25.9. The van der Waals surface area contributed by atoms with Crippen molar-refractivity contribution >= 4 is 37.4 Å². The molecule has 1 aliphatic carbocycles. The van der Waals surface area contributed by atoms with Gasteiger partial charge in [-0.05, 0) is 56.2 Å². The lowest BCUT2D eigenvalue weighted by atomic mass is 9.96. The van der Waals surface area contributed by atoms with E-state index < -0.39 is 54.5 Å². The van der Waals surface area contributed by atoms with E-state index in [1.807, 2.05) is 0 Å². The van der Waals surface area contributed by atoms with Crippen molar-refractivity contribution in [1.29, 1.82) is 0 Å². The van der Waals surface area contributed by atoms with Gasteiger partial charge in [-0.2, -0.15) is 17.5 Å². The van der Waals surface area contributed by atoms with Crippen LogP contribution in [0.5, 0.6) is 0 Å². The highest BCUT2D eigenvalue weighted by Gasteiger charge is 2.52. The van der Waals surface area contributed by atoms with E-state index in [-0.39, 0.29) is 28.1 Å². The minimum Gasteiger partial charge on any atom is -0.333 e. The molecule has 0 unspecified atom stereocenters. The first-order valence-electron chi connectivity index (χ1n) is 10.6. The topological polar surface area (TPSA) is 91.8 Å². The lowest BCUT2D eigenvalue weighted by Crippen LogP contribution is -2.68. The van der Waals surface area contributed by atoms with Crippen LogP contribution in [0.1, 0.15) is 35.7 Å². The van der Waals surface area contributed by atoms with Crippen LogP contribution < -0.4 is 0 Å². The van der Waals surface area contributed by atoms with Gasteiger partial charge in [0, 0.05) is 24.9 Å². The van der Waals surface area contributed by atoms with Crippen LogP contribution in [0.25, 0.3) is 0 Å². The van der Waals surface area contributed by atoms with Crippen molar-refractivity contribution in [3.05, 3.63) is 58.6 Å². The average molecular weight is 551 g/mol. The summed E-state index contributed by atoms with van der Waals surface area (Å²) in [5, 5.41) is -0.0517. The molecule has 35 heavy (non-hydrogen) atoms. The summed E-state index contributed by atoms with van der Waals surface area (Å²) in [6.07, 6.45) is -2.52. The van der Waals surface area contributed by atoms with Gasteiger partial charge in [0.25, 0.3) is 5.91 Å². The molecule has 1 heterocycles. The quantitative estimate of drug-likeness (QED) is 0.545. The molecule has 13 heteroatoms. The van der Waals surface area contributed by atoms with E-state index in [0.29, 0.717) is 18.9 Å².